The van der Waals surface area contributed by atoms with Crippen molar-refractivity contribution in [3.8, 4) is 18.2 Å². The molecule has 5 N–H and O–H groups in total. The number of aromatic nitrogens is 2. The van der Waals surface area contributed by atoms with Crippen LogP contribution in [0.4, 0.5) is 0 Å². The molecule has 1 atom stereocenters. The molecule has 64 valence electrons. The highest BCUT2D eigenvalue weighted by atomic mass is 16.3. The molecular weight excluding hydrogens is 158 g/mol. The standard InChI is InChI=1S/C7H9N3O2/c1-2-3-4(8)5-6(11)10-7(12)9-5/h1,4,11H,3,8H2,(H2,9,10,12). The van der Waals surface area contributed by atoms with E-state index in [-0.39, 0.29) is 18.0 Å². The molecule has 1 aromatic rings. The lowest BCUT2D eigenvalue weighted by Gasteiger charge is -2.03. The number of H-pyrrole nitrogens is 2. The molecule has 0 aromatic carbocycles. The Balaban J connectivity index is 2.95. The lowest BCUT2D eigenvalue weighted by atomic mass is 10.2. The van der Waals surface area contributed by atoms with Crippen LogP contribution in [0.25, 0.3) is 0 Å². The molecule has 0 saturated carbocycles. The Labute approximate surface area is 68.6 Å². The van der Waals surface area contributed by atoms with Crippen molar-refractivity contribution in [3.05, 3.63) is 16.2 Å². The van der Waals surface area contributed by atoms with E-state index in [9.17, 15) is 4.79 Å². The van der Waals surface area contributed by atoms with Crippen molar-refractivity contribution in [2.75, 3.05) is 0 Å². The van der Waals surface area contributed by atoms with E-state index < -0.39 is 11.7 Å². The molecule has 1 aromatic heterocycles. The van der Waals surface area contributed by atoms with Crippen LogP contribution in [0.3, 0.4) is 0 Å². The number of hydrogen-bond donors (Lipinski definition) is 4. The van der Waals surface area contributed by atoms with Gasteiger partial charge in [-0.2, -0.15) is 0 Å². The summed E-state index contributed by atoms with van der Waals surface area (Å²) in [5, 5.41) is 9.09. The predicted octanol–water partition coefficient (Wildman–Crippen LogP) is -0.568. The molecule has 0 aliphatic carbocycles. The number of hydrogen-bond acceptors (Lipinski definition) is 3. The second-order valence-electron chi connectivity index (χ2n) is 2.36. The zero-order valence-electron chi connectivity index (χ0n) is 6.29. The normalized spacial score (nSPS) is 12.3. The summed E-state index contributed by atoms with van der Waals surface area (Å²) in [6, 6.07) is -0.533. The number of nitrogens with two attached hydrogens (primary N) is 1. The first-order valence-corrected chi connectivity index (χ1v) is 3.35. The second kappa shape index (κ2) is 3.15. The maximum atomic E-state index is 10.6. The van der Waals surface area contributed by atoms with Crippen molar-refractivity contribution < 1.29 is 5.11 Å². The van der Waals surface area contributed by atoms with Crippen molar-refractivity contribution in [1.29, 1.82) is 0 Å². The molecule has 0 saturated heterocycles. The zero-order chi connectivity index (χ0) is 9.14. The Morgan fingerprint density at radius 2 is 2.33 bits per heavy atom. The SMILES string of the molecule is C#CCC(N)c1[nH]c(=O)[nH]c1O. The van der Waals surface area contributed by atoms with Gasteiger partial charge in [0.2, 0.25) is 5.88 Å². The van der Waals surface area contributed by atoms with Crippen LogP contribution >= 0.6 is 0 Å². The third-order valence-electron chi connectivity index (χ3n) is 1.44. The first kappa shape index (κ1) is 8.43. The van der Waals surface area contributed by atoms with Gasteiger partial charge in [-0.15, -0.1) is 12.3 Å². The highest BCUT2D eigenvalue weighted by Crippen LogP contribution is 2.17. The van der Waals surface area contributed by atoms with Crippen molar-refractivity contribution >= 4 is 0 Å². The molecule has 0 fully saturated rings. The fourth-order valence-corrected chi connectivity index (χ4v) is 0.885. The van der Waals surface area contributed by atoms with Gasteiger partial charge in [0.05, 0.1) is 11.7 Å². The van der Waals surface area contributed by atoms with Crippen LogP contribution in [0, 0.1) is 12.3 Å². The highest BCUT2D eigenvalue weighted by Gasteiger charge is 2.12. The van der Waals surface area contributed by atoms with E-state index in [4.69, 9.17) is 17.3 Å². The quantitative estimate of drug-likeness (QED) is 0.444. The summed E-state index contributed by atoms with van der Waals surface area (Å²) in [6.45, 7) is 0. The second-order valence-corrected chi connectivity index (χ2v) is 2.36. The maximum absolute atomic E-state index is 10.6. The summed E-state index contributed by atoms with van der Waals surface area (Å²) in [5.41, 5.74) is 5.28. The number of terminal acetylenes is 1. The van der Waals surface area contributed by atoms with Crippen molar-refractivity contribution in [2.24, 2.45) is 5.73 Å². The summed E-state index contributed by atoms with van der Waals surface area (Å²) in [6.07, 6.45) is 5.28. The fourth-order valence-electron chi connectivity index (χ4n) is 0.885. The van der Waals surface area contributed by atoms with Gasteiger partial charge < -0.3 is 15.8 Å². The third kappa shape index (κ3) is 1.49. The molecule has 0 bridgehead atoms. The van der Waals surface area contributed by atoms with E-state index in [1.807, 2.05) is 0 Å². The summed E-state index contributed by atoms with van der Waals surface area (Å²) >= 11 is 0. The van der Waals surface area contributed by atoms with Crippen molar-refractivity contribution in [2.45, 2.75) is 12.5 Å². The molecule has 12 heavy (non-hydrogen) atoms. The minimum Gasteiger partial charge on any atom is -0.493 e. The average Bonchev–Trinajstić information content (AvgIpc) is 2.30. The van der Waals surface area contributed by atoms with Gasteiger partial charge in [0, 0.05) is 6.42 Å². The van der Waals surface area contributed by atoms with Crippen LogP contribution < -0.4 is 11.4 Å². The third-order valence-corrected chi connectivity index (χ3v) is 1.44. The molecule has 1 rings (SSSR count). The molecule has 0 aliphatic heterocycles. The molecule has 1 unspecified atom stereocenters. The van der Waals surface area contributed by atoms with E-state index in [2.05, 4.69) is 15.9 Å². The first-order valence-electron chi connectivity index (χ1n) is 3.35. The fraction of sp³-hybridized carbons (Fsp3) is 0.286. The van der Waals surface area contributed by atoms with Gasteiger partial charge in [-0.3, -0.25) is 4.98 Å². The van der Waals surface area contributed by atoms with Gasteiger partial charge in [-0.05, 0) is 0 Å². The Morgan fingerprint density at radius 1 is 1.67 bits per heavy atom. The molecule has 0 radical (unpaired) electrons. The van der Waals surface area contributed by atoms with Crippen LogP contribution in [0.15, 0.2) is 4.79 Å². The largest absolute Gasteiger partial charge is 0.493 e. The molecule has 0 spiro atoms. The van der Waals surface area contributed by atoms with Gasteiger partial charge in [0.25, 0.3) is 0 Å². The number of rotatable bonds is 2. The summed E-state index contributed by atoms with van der Waals surface area (Å²) in [7, 11) is 0. The summed E-state index contributed by atoms with van der Waals surface area (Å²) in [5.74, 6) is 2.08. The molecular formula is C7H9N3O2. The summed E-state index contributed by atoms with van der Waals surface area (Å²) < 4.78 is 0. The van der Waals surface area contributed by atoms with Crippen LogP contribution in [-0.4, -0.2) is 15.1 Å². The van der Waals surface area contributed by atoms with Crippen LogP contribution in [0.1, 0.15) is 18.2 Å². The maximum Gasteiger partial charge on any atom is 0.326 e. The minimum absolute atomic E-state index is 0.247. The lowest BCUT2D eigenvalue weighted by molar-refractivity contribution is 0.443. The molecule has 1 heterocycles. The van der Waals surface area contributed by atoms with E-state index in [1.165, 1.54) is 0 Å². The average molecular weight is 167 g/mol. The van der Waals surface area contributed by atoms with E-state index in [0.717, 1.165) is 0 Å². The van der Waals surface area contributed by atoms with Gasteiger partial charge in [0.1, 0.15) is 0 Å². The van der Waals surface area contributed by atoms with Crippen LogP contribution in [-0.2, 0) is 0 Å². The van der Waals surface area contributed by atoms with Gasteiger partial charge >= 0.3 is 5.69 Å². The lowest BCUT2D eigenvalue weighted by Crippen LogP contribution is -2.11. The molecule has 5 nitrogen and oxygen atoms in total. The van der Waals surface area contributed by atoms with Gasteiger partial charge in [-0.25, -0.2) is 4.79 Å². The number of aromatic amines is 2. The molecule has 0 amide bonds. The number of aromatic hydroxyl groups is 1. The highest BCUT2D eigenvalue weighted by molar-refractivity contribution is 5.20. The minimum atomic E-state index is -0.533. The van der Waals surface area contributed by atoms with Crippen molar-refractivity contribution in [1.82, 2.24) is 9.97 Å². The van der Waals surface area contributed by atoms with Gasteiger partial charge in [0.15, 0.2) is 0 Å². The number of imidazole rings is 1. The Bertz CT molecular complexity index is 357. The van der Waals surface area contributed by atoms with Gasteiger partial charge in [-0.1, -0.05) is 0 Å². The van der Waals surface area contributed by atoms with Crippen molar-refractivity contribution in [3.63, 3.8) is 0 Å². The first-order chi connectivity index (χ1) is 5.65. The van der Waals surface area contributed by atoms with E-state index >= 15 is 0 Å². The van der Waals surface area contributed by atoms with E-state index in [1.54, 1.807) is 0 Å². The number of nitrogens with one attached hydrogen (secondary N) is 2. The topological polar surface area (TPSA) is 94.9 Å². The monoisotopic (exact) mass is 167 g/mol. The zero-order valence-corrected chi connectivity index (χ0v) is 6.29. The van der Waals surface area contributed by atoms with Crippen LogP contribution in [0.5, 0.6) is 5.88 Å². The molecule has 0 aliphatic rings. The predicted molar refractivity (Wildman–Crippen MR) is 43.5 cm³/mol. The Kier molecular flexibility index (Phi) is 2.21. The Morgan fingerprint density at radius 3 is 2.75 bits per heavy atom. The van der Waals surface area contributed by atoms with E-state index in [0.29, 0.717) is 0 Å². The smallest absolute Gasteiger partial charge is 0.326 e. The molecule has 5 heteroatoms. The summed E-state index contributed by atoms with van der Waals surface area (Å²) in [4.78, 5) is 15.1. The van der Waals surface area contributed by atoms with Crippen LogP contribution in [0.2, 0.25) is 0 Å². The Hall–Kier alpha value is -1.67.